The Kier molecular flexibility index (Phi) is 7.01. The van der Waals surface area contributed by atoms with E-state index in [9.17, 15) is 0 Å². The fourth-order valence-corrected chi connectivity index (χ4v) is 2.13. The summed E-state index contributed by atoms with van der Waals surface area (Å²) in [6, 6.07) is 8.65. The fourth-order valence-electron chi connectivity index (χ4n) is 2.01. The average Bonchev–Trinajstić information content (AvgIpc) is 2.33. The maximum Gasteiger partial charge on any atom is 0.0598 e. The molecule has 0 aliphatic carbocycles. The molecule has 1 aromatic rings. The largest absolute Gasteiger partial charge is 0.376 e. The van der Waals surface area contributed by atoms with Gasteiger partial charge in [-0.25, -0.2) is 0 Å². The van der Waals surface area contributed by atoms with E-state index in [4.69, 9.17) is 16.3 Å². The molecule has 1 rings (SSSR count). The molecule has 0 aliphatic rings. The lowest BCUT2D eigenvalue weighted by Crippen LogP contribution is -2.29. The van der Waals surface area contributed by atoms with Gasteiger partial charge in [-0.05, 0) is 50.8 Å². The van der Waals surface area contributed by atoms with Gasteiger partial charge in [0.05, 0.1) is 5.60 Å². The first-order chi connectivity index (χ1) is 9.28. The Morgan fingerprint density at radius 2 is 1.75 bits per heavy atom. The van der Waals surface area contributed by atoms with E-state index in [0.717, 1.165) is 24.6 Å². The highest BCUT2D eigenvalue weighted by Gasteiger charge is 2.15. The molecule has 0 aromatic heterocycles. The van der Waals surface area contributed by atoms with Crippen molar-refractivity contribution >= 4 is 11.6 Å². The molecule has 0 bridgehead atoms. The van der Waals surface area contributed by atoms with Crippen molar-refractivity contribution < 1.29 is 4.74 Å². The Morgan fingerprint density at radius 1 is 1.15 bits per heavy atom. The molecule has 20 heavy (non-hydrogen) atoms. The molecular formula is C17H28ClNO. The fraction of sp³-hybridized carbons (Fsp3) is 0.647. The lowest BCUT2D eigenvalue weighted by Gasteiger charge is -2.24. The summed E-state index contributed by atoms with van der Waals surface area (Å²) < 4.78 is 5.86. The van der Waals surface area contributed by atoms with Gasteiger partial charge in [0.2, 0.25) is 0 Å². The van der Waals surface area contributed by atoms with Gasteiger partial charge in [-0.15, -0.1) is 0 Å². The second-order valence-electron chi connectivity index (χ2n) is 6.56. The minimum absolute atomic E-state index is 0.0734. The van der Waals surface area contributed by atoms with Crippen molar-refractivity contribution in [3.8, 4) is 0 Å². The van der Waals surface area contributed by atoms with Gasteiger partial charge in [0.1, 0.15) is 0 Å². The zero-order chi connectivity index (χ0) is 15.2. The second kappa shape index (κ2) is 8.02. The number of hydrogen-bond donors (Lipinski definition) is 1. The normalized spacial score (nSPS) is 13.8. The van der Waals surface area contributed by atoms with Crippen LogP contribution in [0, 0.1) is 0 Å². The van der Waals surface area contributed by atoms with E-state index in [2.05, 4.69) is 52.1 Å². The van der Waals surface area contributed by atoms with Crippen LogP contribution in [0.25, 0.3) is 0 Å². The maximum atomic E-state index is 5.97. The zero-order valence-electron chi connectivity index (χ0n) is 13.4. The first-order valence-corrected chi connectivity index (χ1v) is 7.78. The van der Waals surface area contributed by atoms with Crippen LogP contribution in [-0.4, -0.2) is 24.8 Å². The van der Waals surface area contributed by atoms with Crippen LogP contribution in [0.15, 0.2) is 24.3 Å². The summed E-state index contributed by atoms with van der Waals surface area (Å²) >= 11 is 5.97. The van der Waals surface area contributed by atoms with E-state index in [-0.39, 0.29) is 5.60 Å². The van der Waals surface area contributed by atoms with Crippen molar-refractivity contribution in [3.63, 3.8) is 0 Å². The summed E-state index contributed by atoms with van der Waals surface area (Å²) in [5.41, 5.74) is 1.25. The number of halogens is 1. The Balaban J connectivity index is 2.62. The molecule has 3 heteroatoms. The highest BCUT2D eigenvalue weighted by molar-refractivity contribution is 6.30. The zero-order valence-corrected chi connectivity index (χ0v) is 14.1. The van der Waals surface area contributed by atoms with Crippen molar-refractivity contribution in [1.29, 1.82) is 0 Å². The summed E-state index contributed by atoms with van der Waals surface area (Å²) in [5.74, 6) is 0.456. The third-order valence-electron chi connectivity index (χ3n) is 3.12. The molecule has 0 heterocycles. The van der Waals surface area contributed by atoms with Gasteiger partial charge in [0.15, 0.2) is 0 Å². The SMILES string of the molecule is CC(C)NCC(CCOC(C)(C)C)c1ccc(Cl)cc1. The van der Waals surface area contributed by atoms with E-state index >= 15 is 0 Å². The van der Waals surface area contributed by atoms with Gasteiger partial charge in [0, 0.05) is 24.2 Å². The Hall–Kier alpha value is -0.570. The minimum atomic E-state index is -0.0734. The van der Waals surface area contributed by atoms with Crippen LogP contribution in [-0.2, 0) is 4.74 Å². The van der Waals surface area contributed by atoms with Crippen molar-refractivity contribution in [2.24, 2.45) is 0 Å². The Labute approximate surface area is 128 Å². The monoisotopic (exact) mass is 297 g/mol. The third kappa shape index (κ3) is 7.28. The van der Waals surface area contributed by atoms with E-state index in [1.54, 1.807) is 0 Å². The first-order valence-electron chi connectivity index (χ1n) is 7.41. The number of nitrogens with one attached hydrogen (secondary N) is 1. The first kappa shape index (κ1) is 17.5. The molecule has 1 atom stereocenters. The molecule has 0 aliphatic heterocycles. The maximum absolute atomic E-state index is 5.97. The van der Waals surface area contributed by atoms with Gasteiger partial charge >= 0.3 is 0 Å². The van der Waals surface area contributed by atoms with Gasteiger partial charge in [-0.3, -0.25) is 0 Å². The molecule has 0 saturated heterocycles. The average molecular weight is 298 g/mol. The van der Waals surface area contributed by atoms with Crippen molar-refractivity contribution in [1.82, 2.24) is 5.32 Å². The third-order valence-corrected chi connectivity index (χ3v) is 3.37. The minimum Gasteiger partial charge on any atom is -0.376 e. The summed E-state index contributed by atoms with van der Waals surface area (Å²) in [7, 11) is 0. The van der Waals surface area contributed by atoms with Gasteiger partial charge in [-0.1, -0.05) is 37.6 Å². The van der Waals surface area contributed by atoms with Crippen molar-refractivity contribution in [2.75, 3.05) is 13.2 Å². The summed E-state index contributed by atoms with van der Waals surface area (Å²) in [5, 5.41) is 4.31. The second-order valence-corrected chi connectivity index (χ2v) is 7.00. The lowest BCUT2D eigenvalue weighted by molar-refractivity contribution is -0.00628. The predicted octanol–water partition coefficient (Wildman–Crippen LogP) is 4.63. The molecule has 0 spiro atoms. The van der Waals surface area contributed by atoms with Crippen LogP contribution in [0.4, 0.5) is 0 Å². The Morgan fingerprint density at radius 3 is 2.25 bits per heavy atom. The van der Waals surface area contributed by atoms with Crippen molar-refractivity contribution in [3.05, 3.63) is 34.9 Å². The number of rotatable bonds is 7. The molecular weight excluding hydrogens is 270 g/mol. The quantitative estimate of drug-likeness (QED) is 0.792. The van der Waals surface area contributed by atoms with Crippen LogP contribution >= 0.6 is 11.6 Å². The van der Waals surface area contributed by atoms with E-state index in [0.29, 0.717) is 12.0 Å². The molecule has 2 nitrogen and oxygen atoms in total. The molecule has 0 amide bonds. The highest BCUT2D eigenvalue weighted by atomic mass is 35.5. The smallest absolute Gasteiger partial charge is 0.0598 e. The predicted molar refractivity (Wildman–Crippen MR) is 87.7 cm³/mol. The topological polar surface area (TPSA) is 21.3 Å². The van der Waals surface area contributed by atoms with Crippen LogP contribution in [0.3, 0.4) is 0 Å². The van der Waals surface area contributed by atoms with E-state index < -0.39 is 0 Å². The molecule has 1 unspecified atom stereocenters. The highest BCUT2D eigenvalue weighted by Crippen LogP contribution is 2.22. The standard InChI is InChI=1S/C17H28ClNO/c1-13(2)19-12-15(10-11-20-17(3,4)5)14-6-8-16(18)9-7-14/h6-9,13,15,19H,10-12H2,1-5H3. The van der Waals surface area contributed by atoms with Crippen LogP contribution < -0.4 is 5.32 Å². The summed E-state index contributed by atoms with van der Waals surface area (Å²) in [6.07, 6.45) is 1.01. The van der Waals surface area contributed by atoms with Crippen LogP contribution in [0.1, 0.15) is 52.5 Å². The molecule has 0 saturated carbocycles. The van der Waals surface area contributed by atoms with Crippen LogP contribution in [0.5, 0.6) is 0 Å². The molecule has 1 aromatic carbocycles. The molecule has 0 radical (unpaired) electrons. The molecule has 0 fully saturated rings. The molecule has 1 N–H and O–H groups in total. The number of ether oxygens (including phenoxy) is 1. The van der Waals surface area contributed by atoms with E-state index in [1.165, 1.54) is 5.56 Å². The lowest BCUT2D eigenvalue weighted by atomic mass is 9.95. The van der Waals surface area contributed by atoms with Crippen molar-refractivity contribution in [2.45, 2.75) is 58.6 Å². The number of hydrogen-bond acceptors (Lipinski definition) is 2. The van der Waals surface area contributed by atoms with Gasteiger partial charge in [-0.2, -0.15) is 0 Å². The summed E-state index contributed by atoms with van der Waals surface area (Å²) in [6.45, 7) is 12.4. The molecule has 114 valence electrons. The number of benzene rings is 1. The Bertz CT molecular complexity index is 381. The van der Waals surface area contributed by atoms with Gasteiger partial charge in [0.25, 0.3) is 0 Å². The van der Waals surface area contributed by atoms with E-state index in [1.807, 2.05) is 12.1 Å². The summed E-state index contributed by atoms with van der Waals surface area (Å²) in [4.78, 5) is 0. The van der Waals surface area contributed by atoms with Gasteiger partial charge < -0.3 is 10.1 Å². The van der Waals surface area contributed by atoms with Crippen LogP contribution in [0.2, 0.25) is 5.02 Å².